The van der Waals surface area contributed by atoms with Crippen LogP contribution >= 0.6 is 0 Å². The van der Waals surface area contributed by atoms with Gasteiger partial charge in [0.05, 0.1) is 14.2 Å². The number of methoxy groups -OCH3 is 2. The summed E-state index contributed by atoms with van der Waals surface area (Å²) < 4.78 is 10.7. The van der Waals surface area contributed by atoms with E-state index in [4.69, 9.17) is 15.2 Å². The van der Waals surface area contributed by atoms with E-state index in [0.29, 0.717) is 0 Å². The lowest BCUT2D eigenvalue weighted by Crippen LogP contribution is -2.08. The Morgan fingerprint density at radius 3 is 2.36 bits per heavy atom. The fourth-order valence-corrected chi connectivity index (χ4v) is 3.05. The molecule has 2 aromatic carbocycles. The number of nitrogens with two attached hydrogens (primary N) is 1. The Labute approximate surface area is 151 Å². The van der Waals surface area contributed by atoms with E-state index in [-0.39, 0.29) is 0 Å². The van der Waals surface area contributed by atoms with Crippen LogP contribution in [0.4, 0.5) is 5.69 Å². The number of hydrogen-bond acceptors (Lipinski definition) is 4. The van der Waals surface area contributed by atoms with Crippen LogP contribution in [0.5, 0.6) is 11.5 Å². The normalized spacial score (nSPS) is 10.7. The molecular formula is C21H30N2O2. The van der Waals surface area contributed by atoms with E-state index >= 15 is 0 Å². The summed E-state index contributed by atoms with van der Waals surface area (Å²) >= 11 is 0. The third-order valence-corrected chi connectivity index (χ3v) is 4.48. The number of benzene rings is 2. The van der Waals surface area contributed by atoms with Gasteiger partial charge in [-0.3, -0.25) is 0 Å². The number of nitrogens with one attached hydrogen (secondary N) is 1. The van der Waals surface area contributed by atoms with Crippen LogP contribution in [-0.4, -0.2) is 27.8 Å². The fourth-order valence-electron chi connectivity index (χ4n) is 3.05. The van der Waals surface area contributed by atoms with Gasteiger partial charge in [0.25, 0.3) is 0 Å². The molecule has 0 aliphatic rings. The Balaban J connectivity index is 2.05. The Hall–Kier alpha value is -2.20. The molecule has 0 aliphatic carbocycles. The van der Waals surface area contributed by atoms with Crippen LogP contribution in [-0.2, 0) is 19.3 Å². The SMILES string of the molecule is CNCCCCc1ccc(N)cc1CCc1ccc(OC)c(OC)c1. The highest BCUT2D eigenvalue weighted by atomic mass is 16.5. The summed E-state index contributed by atoms with van der Waals surface area (Å²) in [4.78, 5) is 0. The van der Waals surface area contributed by atoms with Crippen LogP contribution in [0, 0.1) is 0 Å². The van der Waals surface area contributed by atoms with Gasteiger partial charge in [0, 0.05) is 5.69 Å². The summed E-state index contributed by atoms with van der Waals surface area (Å²) in [6, 6.07) is 12.4. The maximum absolute atomic E-state index is 6.01. The van der Waals surface area contributed by atoms with E-state index in [9.17, 15) is 0 Å². The van der Waals surface area contributed by atoms with Crippen LogP contribution in [0.3, 0.4) is 0 Å². The molecule has 0 radical (unpaired) electrons. The predicted molar refractivity (Wildman–Crippen MR) is 105 cm³/mol. The maximum atomic E-state index is 6.01. The quantitative estimate of drug-likeness (QED) is 0.511. The van der Waals surface area contributed by atoms with E-state index in [1.165, 1.54) is 29.5 Å². The molecule has 136 valence electrons. The molecule has 0 bridgehead atoms. The summed E-state index contributed by atoms with van der Waals surface area (Å²) in [5.74, 6) is 1.54. The third-order valence-electron chi connectivity index (χ3n) is 4.48. The van der Waals surface area contributed by atoms with E-state index < -0.39 is 0 Å². The molecule has 2 aromatic rings. The first-order chi connectivity index (χ1) is 12.2. The van der Waals surface area contributed by atoms with Crippen LogP contribution in [0.25, 0.3) is 0 Å². The highest BCUT2D eigenvalue weighted by molar-refractivity contribution is 5.46. The van der Waals surface area contributed by atoms with E-state index in [2.05, 4.69) is 29.6 Å². The molecule has 0 atom stereocenters. The zero-order valence-electron chi connectivity index (χ0n) is 15.6. The standard InChI is InChI=1S/C21H30N2O2/c1-23-13-5-4-6-17-10-11-19(22)15-18(17)9-7-16-8-12-20(24-2)21(14-16)25-3/h8,10-12,14-15,23H,4-7,9,13,22H2,1-3H3. The van der Waals surface area contributed by atoms with Crippen LogP contribution in [0.2, 0.25) is 0 Å². The first-order valence-corrected chi connectivity index (χ1v) is 8.90. The summed E-state index contributed by atoms with van der Waals surface area (Å²) in [5, 5.41) is 3.20. The minimum atomic E-state index is 0.764. The van der Waals surface area contributed by atoms with E-state index in [0.717, 1.165) is 43.0 Å². The number of aryl methyl sites for hydroxylation is 3. The molecule has 0 spiro atoms. The molecular weight excluding hydrogens is 312 g/mol. The largest absolute Gasteiger partial charge is 0.493 e. The van der Waals surface area contributed by atoms with Gasteiger partial charge in [-0.05, 0) is 86.7 Å². The second-order valence-electron chi connectivity index (χ2n) is 6.28. The van der Waals surface area contributed by atoms with Crippen molar-refractivity contribution in [2.24, 2.45) is 0 Å². The minimum Gasteiger partial charge on any atom is -0.493 e. The summed E-state index contributed by atoms with van der Waals surface area (Å²) in [6.07, 6.45) is 5.41. The molecule has 0 aromatic heterocycles. The monoisotopic (exact) mass is 342 g/mol. The van der Waals surface area contributed by atoms with Gasteiger partial charge in [0.15, 0.2) is 11.5 Å². The molecule has 4 nitrogen and oxygen atoms in total. The molecule has 3 N–H and O–H groups in total. The summed E-state index contributed by atoms with van der Waals surface area (Å²) in [7, 11) is 5.32. The average Bonchev–Trinajstić information content (AvgIpc) is 2.64. The number of rotatable bonds is 10. The molecule has 25 heavy (non-hydrogen) atoms. The second kappa shape index (κ2) is 9.94. The minimum absolute atomic E-state index is 0.764. The Morgan fingerprint density at radius 1 is 0.840 bits per heavy atom. The molecule has 0 saturated heterocycles. The summed E-state index contributed by atoms with van der Waals surface area (Å²) in [5.41, 5.74) is 10.8. The molecule has 0 fully saturated rings. The lowest BCUT2D eigenvalue weighted by Gasteiger charge is -2.12. The first-order valence-electron chi connectivity index (χ1n) is 8.90. The topological polar surface area (TPSA) is 56.5 Å². The second-order valence-corrected chi connectivity index (χ2v) is 6.28. The first kappa shape index (κ1) is 19.1. The Bertz CT molecular complexity index is 671. The van der Waals surface area contributed by atoms with Crippen molar-refractivity contribution < 1.29 is 9.47 Å². The highest BCUT2D eigenvalue weighted by Gasteiger charge is 2.07. The Morgan fingerprint density at radius 2 is 1.64 bits per heavy atom. The van der Waals surface area contributed by atoms with Crippen molar-refractivity contribution >= 4 is 5.69 Å². The maximum Gasteiger partial charge on any atom is 0.160 e. The van der Waals surface area contributed by atoms with Gasteiger partial charge in [-0.1, -0.05) is 12.1 Å². The molecule has 2 rings (SSSR count). The fraction of sp³-hybridized carbons (Fsp3) is 0.429. The van der Waals surface area contributed by atoms with Gasteiger partial charge < -0.3 is 20.5 Å². The highest BCUT2D eigenvalue weighted by Crippen LogP contribution is 2.28. The smallest absolute Gasteiger partial charge is 0.160 e. The van der Waals surface area contributed by atoms with Crippen molar-refractivity contribution in [2.75, 3.05) is 33.5 Å². The van der Waals surface area contributed by atoms with Gasteiger partial charge in [0.2, 0.25) is 0 Å². The van der Waals surface area contributed by atoms with Gasteiger partial charge in [-0.2, -0.15) is 0 Å². The van der Waals surface area contributed by atoms with Crippen molar-refractivity contribution in [1.82, 2.24) is 5.32 Å². The predicted octanol–water partition coefficient (Wildman–Crippen LogP) is 3.61. The molecule has 0 amide bonds. The number of ether oxygens (including phenoxy) is 2. The third kappa shape index (κ3) is 5.68. The van der Waals surface area contributed by atoms with Crippen LogP contribution < -0.4 is 20.5 Å². The number of unbranched alkanes of at least 4 members (excludes halogenated alkanes) is 1. The lowest BCUT2D eigenvalue weighted by molar-refractivity contribution is 0.354. The van der Waals surface area contributed by atoms with Gasteiger partial charge in [0.1, 0.15) is 0 Å². The van der Waals surface area contributed by atoms with Crippen molar-refractivity contribution in [3.63, 3.8) is 0 Å². The number of hydrogen-bond donors (Lipinski definition) is 2. The molecule has 0 aliphatic heterocycles. The molecule has 4 heteroatoms. The Kier molecular flexibility index (Phi) is 7.61. The van der Waals surface area contributed by atoms with Crippen LogP contribution in [0.15, 0.2) is 36.4 Å². The van der Waals surface area contributed by atoms with E-state index in [1.807, 2.05) is 19.2 Å². The zero-order valence-corrected chi connectivity index (χ0v) is 15.6. The van der Waals surface area contributed by atoms with E-state index in [1.54, 1.807) is 14.2 Å². The van der Waals surface area contributed by atoms with Crippen LogP contribution in [0.1, 0.15) is 29.5 Å². The molecule has 0 saturated carbocycles. The van der Waals surface area contributed by atoms with Gasteiger partial charge in [-0.25, -0.2) is 0 Å². The van der Waals surface area contributed by atoms with Crippen molar-refractivity contribution in [3.05, 3.63) is 53.1 Å². The van der Waals surface area contributed by atoms with Gasteiger partial charge >= 0.3 is 0 Å². The number of nitrogen functional groups attached to an aromatic ring is 1. The molecule has 0 heterocycles. The van der Waals surface area contributed by atoms with Crippen molar-refractivity contribution in [2.45, 2.75) is 32.1 Å². The number of anilines is 1. The summed E-state index contributed by atoms with van der Waals surface area (Å²) in [6.45, 7) is 1.07. The lowest BCUT2D eigenvalue weighted by atomic mass is 9.96. The van der Waals surface area contributed by atoms with Gasteiger partial charge in [-0.15, -0.1) is 0 Å². The van der Waals surface area contributed by atoms with Crippen molar-refractivity contribution in [1.29, 1.82) is 0 Å². The zero-order chi connectivity index (χ0) is 18.1. The molecule has 0 unspecified atom stereocenters. The average molecular weight is 342 g/mol. The van der Waals surface area contributed by atoms with Crippen molar-refractivity contribution in [3.8, 4) is 11.5 Å².